The average molecular weight is 428 g/mol. The predicted molar refractivity (Wildman–Crippen MR) is 120 cm³/mol. The lowest BCUT2D eigenvalue weighted by atomic mass is 9.90. The molecule has 30 heavy (non-hydrogen) atoms. The van der Waals surface area contributed by atoms with Crippen molar-refractivity contribution in [1.29, 1.82) is 0 Å². The molecule has 6 nitrogen and oxygen atoms in total. The van der Waals surface area contributed by atoms with E-state index in [-0.39, 0.29) is 11.9 Å². The highest BCUT2D eigenvalue weighted by molar-refractivity contribution is 7.99. The zero-order chi connectivity index (χ0) is 20.9. The standard InChI is InChI=1S/C23H33N5OS/c1-3-30-23-25-24-22(26(23)2)20-10-7-13-28(20)17-21(29)27-14-11-19(12-15-27)16-18-8-5-4-6-9-18/h4-6,8-9,19-20H,3,7,10-17H2,1-2H3. The topological polar surface area (TPSA) is 54.3 Å². The molecular formula is C23H33N5OS. The molecule has 0 saturated carbocycles. The summed E-state index contributed by atoms with van der Waals surface area (Å²) in [4.78, 5) is 17.4. The summed E-state index contributed by atoms with van der Waals surface area (Å²) >= 11 is 1.72. The van der Waals surface area contributed by atoms with Crippen LogP contribution in [0, 0.1) is 5.92 Å². The fourth-order valence-electron chi connectivity index (χ4n) is 4.79. The van der Waals surface area contributed by atoms with Crippen molar-refractivity contribution in [2.45, 2.75) is 50.2 Å². The summed E-state index contributed by atoms with van der Waals surface area (Å²) in [5.74, 6) is 2.94. The number of rotatable bonds is 7. The lowest BCUT2D eigenvalue weighted by Gasteiger charge is -2.34. The normalized spacial score (nSPS) is 20.7. The molecule has 2 aliphatic heterocycles. The van der Waals surface area contributed by atoms with Gasteiger partial charge in [-0.3, -0.25) is 9.69 Å². The van der Waals surface area contributed by atoms with E-state index in [2.05, 4.69) is 61.8 Å². The Labute approximate surface area is 184 Å². The molecule has 2 fully saturated rings. The monoisotopic (exact) mass is 427 g/mol. The number of hydrogen-bond acceptors (Lipinski definition) is 5. The van der Waals surface area contributed by atoms with Crippen LogP contribution in [-0.2, 0) is 18.3 Å². The van der Waals surface area contributed by atoms with Gasteiger partial charge >= 0.3 is 0 Å². The number of aromatic nitrogens is 3. The SMILES string of the molecule is CCSc1nnc(C2CCCN2CC(=O)N2CCC(Cc3ccccc3)CC2)n1C. The molecule has 0 radical (unpaired) electrons. The van der Waals surface area contributed by atoms with E-state index in [9.17, 15) is 4.79 Å². The molecule has 1 aromatic heterocycles. The number of benzene rings is 1. The van der Waals surface area contributed by atoms with Crippen molar-refractivity contribution >= 4 is 17.7 Å². The molecular weight excluding hydrogens is 394 g/mol. The molecule has 0 aliphatic carbocycles. The third kappa shape index (κ3) is 4.89. The Kier molecular flexibility index (Phi) is 7.10. The highest BCUT2D eigenvalue weighted by atomic mass is 32.2. The van der Waals surface area contributed by atoms with Gasteiger partial charge in [-0.1, -0.05) is 49.0 Å². The number of nitrogens with zero attached hydrogens (tertiary/aromatic N) is 5. The second kappa shape index (κ2) is 9.96. The maximum atomic E-state index is 13.0. The number of carbonyl (C=O) groups excluding carboxylic acids is 1. The molecule has 0 bridgehead atoms. The number of piperidine rings is 1. The van der Waals surface area contributed by atoms with Crippen LogP contribution in [0.3, 0.4) is 0 Å². The molecule has 2 aliphatic rings. The lowest BCUT2D eigenvalue weighted by molar-refractivity contribution is -0.134. The molecule has 7 heteroatoms. The van der Waals surface area contributed by atoms with Gasteiger partial charge in [0.15, 0.2) is 11.0 Å². The van der Waals surface area contributed by atoms with Gasteiger partial charge in [0.05, 0.1) is 12.6 Å². The van der Waals surface area contributed by atoms with Gasteiger partial charge in [-0.25, -0.2) is 0 Å². The molecule has 3 heterocycles. The second-order valence-electron chi connectivity index (χ2n) is 8.48. The van der Waals surface area contributed by atoms with E-state index >= 15 is 0 Å². The van der Waals surface area contributed by atoms with Crippen molar-refractivity contribution in [2.75, 3.05) is 31.9 Å². The largest absolute Gasteiger partial charge is 0.342 e. The van der Waals surface area contributed by atoms with E-state index in [1.165, 1.54) is 5.56 Å². The third-order valence-electron chi connectivity index (χ3n) is 6.48. The molecule has 162 valence electrons. The Morgan fingerprint density at radius 2 is 1.87 bits per heavy atom. The fourth-order valence-corrected chi connectivity index (χ4v) is 5.43. The van der Waals surface area contributed by atoms with Crippen molar-refractivity contribution in [1.82, 2.24) is 24.6 Å². The van der Waals surface area contributed by atoms with Crippen LogP contribution in [-0.4, -0.2) is 62.4 Å². The van der Waals surface area contributed by atoms with Gasteiger partial charge in [0.2, 0.25) is 5.91 Å². The van der Waals surface area contributed by atoms with Crippen molar-refractivity contribution in [3.8, 4) is 0 Å². The molecule has 2 aromatic rings. The van der Waals surface area contributed by atoms with Gasteiger partial charge in [-0.15, -0.1) is 10.2 Å². The molecule has 4 rings (SSSR count). The third-order valence-corrected chi connectivity index (χ3v) is 7.38. The van der Waals surface area contributed by atoms with E-state index in [1.807, 2.05) is 7.05 Å². The first-order chi connectivity index (χ1) is 14.7. The molecule has 1 unspecified atom stereocenters. The minimum atomic E-state index is 0.202. The smallest absolute Gasteiger partial charge is 0.236 e. The van der Waals surface area contributed by atoms with Gasteiger partial charge < -0.3 is 9.47 Å². The lowest BCUT2D eigenvalue weighted by Crippen LogP contribution is -2.44. The first-order valence-corrected chi connectivity index (χ1v) is 12.2. The number of likely N-dealkylation sites (tertiary alicyclic amines) is 2. The summed E-state index contributed by atoms with van der Waals surface area (Å²) in [6.07, 6.45) is 5.49. The Balaban J connectivity index is 1.30. The summed E-state index contributed by atoms with van der Waals surface area (Å²) < 4.78 is 2.11. The maximum absolute atomic E-state index is 13.0. The average Bonchev–Trinajstić information content (AvgIpc) is 3.36. The minimum Gasteiger partial charge on any atom is -0.342 e. The van der Waals surface area contributed by atoms with Crippen LogP contribution in [0.5, 0.6) is 0 Å². The van der Waals surface area contributed by atoms with Crippen LogP contribution in [0.25, 0.3) is 0 Å². The zero-order valence-electron chi connectivity index (χ0n) is 18.2. The van der Waals surface area contributed by atoms with Crippen LogP contribution in [0.1, 0.15) is 50.0 Å². The molecule has 1 aromatic carbocycles. The molecule has 1 atom stereocenters. The van der Waals surface area contributed by atoms with Crippen LogP contribution < -0.4 is 0 Å². The predicted octanol–water partition coefficient (Wildman–Crippen LogP) is 3.55. The van der Waals surface area contributed by atoms with Gasteiger partial charge in [-0.2, -0.15) is 0 Å². The summed E-state index contributed by atoms with van der Waals surface area (Å²) in [7, 11) is 2.04. The molecule has 2 saturated heterocycles. The number of hydrogen-bond donors (Lipinski definition) is 0. The number of thioether (sulfide) groups is 1. The first kappa shape index (κ1) is 21.4. The quantitative estimate of drug-likeness (QED) is 0.633. The maximum Gasteiger partial charge on any atom is 0.236 e. The van der Waals surface area contributed by atoms with Gasteiger partial charge in [0.1, 0.15) is 0 Å². The summed E-state index contributed by atoms with van der Waals surface area (Å²) in [5.41, 5.74) is 1.41. The summed E-state index contributed by atoms with van der Waals surface area (Å²) in [6, 6.07) is 10.9. The van der Waals surface area contributed by atoms with Crippen molar-refractivity contribution < 1.29 is 4.79 Å². The molecule has 1 amide bonds. The van der Waals surface area contributed by atoms with Crippen LogP contribution in [0.15, 0.2) is 35.5 Å². The summed E-state index contributed by atoms with van der Waals surface area (Å²) in [5, 5.41) is 9.78. The van der Waals surface area contributed by atoms with Crippen LogP contribution >= 0.6 is 11.8 Å². The summed E-state index contributed by atoms with van der Waals surface area (Å²) in [6.45, 7) is 5.36. The van der Waals surface area contributed by atoms with Crippen molar-refractivity contribution in [2.24, 2.45) is 13.0 Å². The van der Waals surface area contributed by atoms with Gasteiger partial charge in [0, 0.05) is 20.1 Å². The second-order valence-corrected chi connectivity index (χ2v) is 9.71. The van der Waals surface area contributed by atoms with Gasteiger partial charge in [-0.05, 0) is 55.9 Å². The Morgan fingerprint density at radius 1 is 1.10 bits per heavy atom. The highest BCUT2D eigenvalue weighted by Crippen LogP contribution is 2.32. The van der Waals surface area contributed by atoms with E-state index in [0.29, 0.717) is 12.5 Å². The first-order valence-electron chi connectivity index (χ1n) is 11.2. The van der Waals surface area contributed by atoms with Crippen LogP contribution in [0.2, 0.25) is 0 Å². The van der Waals surface area contributed by atoms with Crippen LogP contribution in [0.4, 0.5) is 0 Å². The zero-order valence-corrected chi connectivity index (χ0v) is 19.0. The Hall–Kier alpha value is -1.86. The van der Waals surface area contributed by atoms with E-state index < -0.39 is 0 Å². The fraction of sp³-hybridized carbons (Fsp3) is 0.609. The van der Waals surface area contributed by atoms with E-state index in [0.717, 1.165) is 68.5 Å². The van der Waals surface area contributed by atoms with E-state index in [1.54, 1.807) is 11.8 Å². The minimum absolute atomic E-state index is 0.202. The van der Waals surface area contributed by atoms with Crippen molar-refractivity contribution in [3.05, 3.63) is 41.7 Å². The van der Waals surface area contributed by atoms with E-state index in [4.69, 9.17) is 0 Å². The Bertz CT molecular complexity index is 831. The molecule has 0 spiro atoms. The number of carbonyl (C=O) groups is 1. The molecule has 0 N–H and O–H groups in total. The Morgan fingerprint density at radius 3 is 2.60 bits per heavy atom. The van der Waals surface area contributed by atoms with Gasteiger partial charge in [0.25, 0.3) is 0 Å². The highest BCUT2D eigenvalue weighted by Gasteiger charge is 2.33. The number of amides is 1. The van der Waals surface area contributed by atoms with Crippen molar-refractivity contribution in [3.63, 3.8) is 0 Å².